The Kier molecular flexibility index (Phi) is 2.25. The number of hydrogen-bond donors (Lipinski definition) is 2. The molecule has 1 heterocycles. The molecule has 3 aromatic rings. The minimum Gasteiger partial charge on any atom is -0.504 e. The molecule has 0 spiro atoms. The minimum absolute atomic E-state index is 0.0479. The number of benzene rings is 2. The molecule has 0 aliphatic heterocycles. The van der Waals surface area contributed by atoms with E-state index in [-0.39, 0.29) is 17.2 Å². The lowest BCUT2D eigenvalue weighted by Crippen LogP contribution is -1.89. The SMILES string of the molecule is O=[N+]([O-])c1ccc2nc3ccc(O)c(O)c3cc2c1. The number of nitrogens with zero attached hydrogens (tertiary/aromatic N) is 2. The van der Waals surface area contributed by atoms with Gasteiger partial charge in [-0.2, -0.15) is 0 Å². The fraction of sp³-hybridized carbons (Fsp3) is 0. The summed E-state index contributed by atoms with van der Waals surface area (Å²) in [6, 6.07) is 8.80. The number of fused-ring (bicyclic) bond motifs is 2. The van der Waals surface area contributed by atoms with Crippen molar-refractivity contribution in [3.05, 3.63) is 46.5 Å². The van der Waals surface area contributed by atoms with Crippen LogP contribution in [-0.2, 0) is 0 Å². The van der Waals surface area contributed by atoms with Crippen LogP contribution in [0, 0.1) is 10.1 Å². The monoisotopic (exact) mass is 256 g/mol. The van der Waals surface area contributed by atoms with Gasteiger partial charge >= 0.3 is 0 Å². The fourth-order valence-electron chi connectivity index (χ4n) is 1.98. The van der Waals surface area contributed by atoms with Gasteiger partial charge in [-0.05, 0) is 24.3 Å². The molecule has 0 aliphatic rings. The van der Waals surface area contributed by atoms with Crippen LogP contribution in [0.1, 0.15) is 0 Å². The summed E-state index contributed by atoms with van der Waals surface area (Å²) in [5.74, 6) is -0.530. The Labute approximate surface area is 106 Å². The lowest BCUT2D eigenvalue weighted by molar-refractivity contribution is -0.384. The van der Waals surface area contributed by atoms with Crippen molar-refractivity contribution in [2.45, 2.75) is 0 Å². The van der Waals surface area contributed by atoms with E-state index >= 15 is 0 Å². The molecule has 2 aromatic carbocycles. The Morgan fingerprint density at radius 1 is 1.05 bits per heavy atom. The Hall–Kier alpha value is -2.89. The van der Waals surface area contributed by atoms with Crippen molar-refractivity contribution in [2.75, 3.05) is 0 Å². The van der Waals surface area contributed by atoms with Crippen LogP contribution in [0.25, 0.3) is 21.8 Å². The molecule has 19 heavy (non-hydrogen) atoms. The van der Waals surface area contributed by atoms with E-state index in [1.54, 1.807) is 18.2 Å². The number of non-ortho nitro benzene ring substituents is 1. The number of aromatic hydroxyl groups is 2. The molecule has 0 amide bonds. The van der Waals surface area contributed by atoms with Gasteiger partial charge in [0.25, 0.3) is 5.69 Å². The molecule has 0 saturated carbocycles. The van der Waals surface area contributed by atoms with Crippen molar-refractivity contribution in [1.29, 1.82) is 0 Å². The van der Waals surface area contributed by atoms with Gasteiger partial charge in [0.1, 0.15) is 0 Å². The molecule has 94 valence electrons. The Bertz CT molecular complexity index is 830. The second kappa shape index (κ2) is 3.81. The summed E-state index contributed by atoms with van der Waals surface area (Å²) in [7, 11) is 0. The zero-order valence-corrected chi connectivity index (χ0v) is 9.57. The third-order valence-electron chi connectivity index (χ3n) is 2.94. The van der Waals surface area contributed by atoms with E-state index in [2.05, 4.69) is 4.98 Å². The summed E-state index contributed by atoms with van der Waals surface area (Å²) < 4.78 is 0. The molecule has 0 unspecified atom stereocenters. The number of phenols is 2. The number of aromatic nitrogens is 1. The van der Waals surface area contributed by atoms with Crippen LogP contribution in [0.15, 0.2) is 36.4 Å². The number of phenolic OH excluding ortho intramolecular Hbond substituents is 2. The number of pyridine rings is 1. The molecule has 0 radical (unpaired) electrons. The summed E-state index contributed by atoms with van der Waals surface area (Å²) in [5, 5.41) is 30.8. The van der Waals surface area contributed by atoms with Crippen molar-refractivity contribution in [1.82, 2.24) is 4.98 Å². The van der Waals surface area contributed by atoms with Crippen molar-refractivity contribution in [3.8, 4) is 11.5 Å². The summed E-state index contributed by atoms with van der Waals surface area (Å²) in [6.45, 7) is 0. The molecular formula is C13H8N2O4. The average molecular weight is 256 g/mol. The smallest absolute Gasteiger partial charge is 0.270 e. The van der Waals surface area contributed by atoms with Crippen LogP contribution < -0.4 is 0 Å². The Balaban J connectivity index is 2.39. The Morgan fingerprint density at radius 2 is 1.79 bits per heavy atom. The van der Waals surface area contributed by atoms with Crippen molar-refractivity contribution in [2.24, 2.45) is 0 Å². The molecule has 0 aliphatic carbocycles. The van der Waals surface area contributed by atoms with Gasteiger partial charge in [-0.3, -0.25) is 10.1 Å². The van der Waals surface area contributed by atoms with E-state index in [1.807, 2.05) is 0 Å². The van der Waals surface area contributed by atoms with Crippen LogP contribution in [-0.4, -0.2) is 20.1 Å². The highest BCUT2D eigenvalue weighted by Gasteiger charge is 2.11. The number of nitro groups is 1. The number of rotatable bonds is 1. The molecule has 6 nitrogen and oxygen atoms in total. The summed E-state index contributed by atoms with van der Waals surface area (Å²) in [5.41, 5.74) is 1.05. The molecule has 3 rings (SSSR count). The van der Waals surface area contributed by atoms with Crippen LogP contribution in [0.4, 0.5) is 5.69 Å². The van der Waals surface area contributed by atoms with E-state index in [1.165, 1.54) is 18.2 Å². The third kappa shape index (κ3) is 1.70. The molecule has 0 bridgehead atoms. The standard InChI is InChI=1S/C13H8N2O4/c16-12-4-3-11-9(13(12)17)6-7-5-8(15(18)19)1-2-10(7)14-11/h1-6,16-17H. The van der Waals surface area contributed by atoms with Gasteiger partial charge in [0, 0.05) is 22.9 Å². The molecule has 0 fully saturated rings. The first-order chi connectivity index (χ1) is 9.06. The second-order valence-corrected chi connectivity index (χ2v) is 4.12. The predicted molar refractivity (Wildman–Crippen MR) is 69.2 cm³/mol. The number of hydrogen-bond acceptors (Lipinski definition) is 5. The van der Waals surface area contributed by atoms with Gasteiger partial charge in [-0.1, -0.05) is 0 Å². The van der Waals surface area contributed by atoms with Crippen LogP contribution in [0.3, 0.4) is 0 Å². The van der Waals surface area contributed by atoms with Gasteiger partial charge in [-0.25, -0.2) is 4.98 Å². The van der Waals surface area contributed by atoms with Gasteiger partial charge in [0.15, 0.2) is 11.5 Å². The van der Waals surface area contributed by atoms with E-state index in [9.17, 15) is 20.3 Å². The zero-order chi connectivity index (χ0) is 13.6. The first-order valence-electron chi connectivity index (χ1n) is 5.46. The fourth-order valence-corrected chi connectivity index (χ4v) is 1.98. The van der Waals surface area contributed by atoms with E-state index in [0.29, 0.717) is 21.8 Å². The van der Waals surface area contributed by atoms with Gasteiger partial charge in [0.05, 0.1) is 16.0 Å². The quantitative estimate of drug-likeness (QED) is 0.302. The van der Waals surface area contributed by atoms with Crippen LogP contribution >= 0.6 is 0 Å². The van der Waals surface area contributed by atoms with E-state index in [4.69, 9.17) is 0 Å². The predicted octanol–water partition coefficient (Wildman–Crippen LogP) is 2.71. The van der Waals surface area contributed by atoms with Gasteiger partial charge in [0.2, 0.25) is 0 Å². The molecule has 6 heteroatoms. The van der Waals surface area contributed by atoms with Crippen molar-refractivity contribution >= 4 is 27.5 Å². The molecule has 2 N–H and O–H groups in total. The number of nitro benzene ring substituents is 1. The van der Waals surface area contributed by atoms with E-state index in [0.717, 1.165) is 0 Å². The maximum Gasteiger partial charge on any atom is 0.270 e. The van der Waals surface area contributed by atoms with Crippen molar-refractivity contribution in [3.63, 3.8) is 0 Å². The highest BCUT2D eigenvalue weighted by Crippen LogP contribution is 2.34. The molecule has 1 aromatic heterocycles. The Morgan fingerprint density at radius 3 is 2.53 bits per heavy atom. The minimum atomic E-state index is -0.494. The van der Waals surface area contributed by atoms with Gasteiger partial charge in [-0.15, -0.1) is 0 Å². The normalized spacial score (nSPS) is 10.9. The van der Waals surface area contributed by atoms with E-state index < -0.39 is 4.92 Å². The first-order valence-corrected chi connectivity index (χ1v) is 5.46. The maximum atomic E-state index is 10.7. The second-order valence-electron chi connectivity index (χ2n) is 4.12. The molecular weight excluding hydrogens is 248 g/mol. The topological polar surface area (TPSA) is 96.5 Å². The lowest BCUT2D eigenvalue weighted by atomic mass is 10.1. The molecule has 0 saturated heterocycles. The highest BCUT2D eigenvalue weighted by atomic mass is 16.6. The lowest BCUT2D eigenvalue weighted by Gasteiger charge is -2.05. The maximum absolute atomic E-state index is 10.7. The van der Waals surface area contributed by atoms with Gasteiger partial charge < -0.3 is 10.2 Å². The van der Waals surface area contributed by atoms with Crippen LogP contribution in [0.5, 0.6) is 11.5 Å². The third-order valence-corrected chi connectivity index (χ3v) is 2.94. The average Bonchev–Trinajstić information content (AvgIpc) is 2.41. The first kappa shape index (κ1) is 11.2. The highest BCUT2D eigenvalue weighted by molar-refractivity contribution is 5.97. The summed E-state index contributed by atoms with van der Waals surface area (Å²) in [4.78, 5) is 14.5. The largest absolute Gasteiger partial charge is 0.504 e. The van der Waals surface area contributed by atoms with Crippen molar-refractivity contribution < 1.29 is 15.1 Å². The van der Waals surface area contributed by atoms with Crippen LogP contribution in [0.2, 0.25) is 0 Å². The summed E-state index contributed by atoms with van der Waals surface area (Å²) >= 11 is 0. The zero-order valence-electron chi connectivity index (χ0n) is 9.57. The molecule has 0 atom stereocenters. The summed E-state index contributed by atoms with van der Waals surface area (Å²) in [6.07, 6.45) is 0.